The lowest BCUT2D eigenvalue weighted by Gasteiger charge is -2.34. The average molecular weight is 513 g/mol. The molecule has 4 aromatic rings. The second kappa shape index (κ2) is 9.44. The first-order valence-corrected chi connectivity index (χ1v) is 11.7. The molecular formula is C28H22F2N6O2. The number of anilines is 3. The van der Waals surface area contributed by atoms with Crippen molar-refractivity contribution < 1.29 is 18.4 Å². The van der Waals surface area contributed by atoms with Gasteiger partial charge in [0.05, 0.1) is 30.0 Å². The Labute approximate surface area is 216 Å². The molecule has 3 N–H and O–H groups in total. The lowest BCUT2D eigenvalue weighted by Crippen LogP contribution is -2.47. The summed E-state index contributed by atoms with van der Waals surface area (Å²) < 4.78 is 31.5. The number of benzene rings is 3. The molecule has 0 unspecified atom stereocenters. The Morgan fingerprint density at radius 2 is 1.79 bits per heavy atom. The number of nitrogens with two attached hydrogens (primary N) is 1. The summed E-state index contributed by atoms with van der Waals surface area (Å²) in [5, 5.41) is 16.1. The highest BCUT2D eigenvalue weighted by Gasteiger charge is 2.37. The Morgan fingerprint density at radius 3 is 2.47 bits per heavy atom. The minimum absolute atomic E-state index is 0.123. The van der Waals surface area contributed by atoms with Gasteiger partial charge in [-0.05, 0) is 37.3 Å². The van der Waals surface area contributed by atoms with Crippen LogP contribution in [0.25, 0.3) is 0 Å². The van der Waals surface area contributed by atoms with Gasteiger partial charge in [-0.2, -0.15) is 19.1 Å². The molecule has 3 aromatic carbocycles. The first-order chi connectivity index (χ1) is 18.2. The van der Waals surface area contributed by atoms with Crippen molar-refractivity contribution in [3.8, 4) is 6.07 Å². The SMILES string of the molecule is C[C@H]1Cn2ncc(NC(=O)c3ccc(N)c(C#N)c3)c2C(=O)N1c1ccc(C(F)(F)c2ccccc2)cc1. The summed E-state index contributed by atoms with van der Waals surface area (Å²) in [5.41, 5.74) is 6.81. The molecule has 0 bridgehead atoms. The zero-order chi connectivity index (χ0) is 27.0. The highest BCUT2D eigenvalue weighted by molar-refractivity contribution is 6.13. The van der Waals surface area contributed by atoms with Crippen molar-refractivity contribution in [1.29, 1.82) is 5.26 Å². The number of nitrogens with one attached hydrogen (secondary N) is 1. The Bertz CT molecular complexity index is 1580. The summed E-state index contributed by atoms with van der Waals surface area (Å²) in [6.07, 6.45) is 1.38. The number of nitrogen functional groups attached to an aromatic ring is 1. The van der Waals surface area contributed by atoms with Crippen molar-refractivity contribution in [2.24, 2.45) is 0 Å². The fraction of sp³-hybridized carbons (Fsp3) is 0.143. The zero-order valence-corrected chi connectivity index (χ0v) is 20.2. The number of hydrogen-bond acceptors (Lipinski definition) is 5. The van der Waals surface area contributed by atoms with Crippen LogP contribution in [0.5, 0.6) is 0 Å². The predicted molar refractivity (Wildman–Crippen MR) is 138 cm³/mol. The molecule has 2 heterocycles. The van der Waals surface area contributed by atoms with E-state index in [1.165, 1.54) is 70.4 Å². The Morgan fingerprint density at radius 1 is 1.11 bits per heavy atom. The number of carbonyl (C=O) groups excluding carboxylic acids is 2. The summed E-state index contributed by atoms with van der Waals surface area (Å²) in [6.45, 7) is 2.16. The van der Waals surface area contributed by atoms with Gasteiger partial charge in [-0.15, -0.1) is 0 Å². The van der Waals surface area contributed by atoms with Crippen molar-refractivity contribution in [3.05, 3.63) is 107 Å². The van der Waals surface area contributed by atoms with Crippen LogP contribution < -0.4 is 16.0 Å². The van der Waals surface area contributed by atoms with E-state index in [9.17, 15) is 23.6 Å². The summed E-state index contributed by atoms with van der Waals surface area (Å²) in [5.74, 6) is -4.17. The number of nitriles is 1. The van der Waals surface area contributed by atoms with Crippen LogP contribution in [0.4, 0.5) is 25.8 Å². The van der Waals surface area contributed by atoms with Crippen LogP contribution in [0.15, 0.2) is 79.0 Å². The first-order valence-electron chi connectivity index (χ1n) is 11.7. The van der Waals surface area contributed by atoms with Gasteiger partial charge in [0.1, 0.15) is 11.8 Å². The molecule has 1 aliphatic rings. The highest BCUT2D eigenvalue weighted by Crippen LogP contribution is 2.37. The van der Waals surface area contributed by atoms with Crippen LogP contribution in [-0.2, 0) is 12.5 Å². The van der Waals surface area contributed by atoms with Crippen LogP contribution in [0.2, 0.25) is 0 Å². The van der Waals surface area contributed by atoms with E-state index in [1.54, 1.807) is 18.2 Å². The quantitative estimate of drug-likeness (QED) is 0.373. The van der Waals surface area contributed by atoms with E-state index in [0.717, 1.165) is 0 Å². The maximum absolute atomic E-state index is 15.0. The molecule has 1 aliphatic heterocycles. The van der Waals surface area contributed by atoms with E-state index in [0.29, 0.717) is 12.2 Å². The molecule has 38 heavy (non-hydrogen) atoms. The van der Waals surface area contributed by atoms with Crippen LogP contribution in [0.3, 0.4) is 0 Å². The van der Waals surface area contributed by atoms with E-state index in [-0.39, 0.29) is 45.4 Å². The summed E-state index contributed by atoms with van der Waals surface area (Å²) in [6, 6.07) is 19.0. The van der Waals surface area contributed by atoms with Crippen LogP contribution >= 0.6 is 0 Å². The number of carbonyl (C=O) groups is 2. The lowest BCUT2D eigenvalue weighted by molar-refractivity contribution is 0.0428. The number of fused-ring (bicyclic) bond motifs is 1. The van der Waals surface area contributed by atoms with Crippen molar-refractivity contribution in [1.82, 2.24) is 9.78 Å². The molecule has 0 aliphatic carbocycles. The van der Waals surface area contributed by atoms with E-state index in [2.05, 4.69) is 10.4 Å². The van der Waals surface area contributed by atoms with E-state index in [1.807, 2.05) is 13.0 Å². The predicted octanol–water partition coefficient (Wildman–Crippen LogP) is 4.78. The van der Waals surface area contributed by atoms with Crippen molar-refractivity contribution in [3.63, 3.8) is 0 Å². The normalized spacial score (nSPS) is 15.1. The molecule has 0 fully saturated rings. The standard InChI is InChI=1S/C28H22F2N6O2/c1-17-16-35-25(24(15-33-35)34-26(37)18-7-12-23(32)19(13-18)14-31)27(38)36(17)22-10-8-21(9-11-22)28(29,30)20-5-3-2-4-6-20/h2-13,15,17H,16,32H2,1H3,(H,34,37)/t17-/m0/s1. The number of hydrogen-bond donors (Lipinski definition) is 2. The fourth-order valence-electron chi connectivity index (χ4n) is 4.49. The third-order valence-corrected chi connectivity index (χ3v) is 6.47. The smallest absolute Gasteiger partial charge is 0.298 e. The van der Waals surface area contributed by atoms with Gasteiger partial charge in [0.2, 0.25) is 0 Å². The van der Waals surface area contributed by atoms with E-state index < -0.39 is 17.7 Å². The Hall–Kier alpha value is -5.04. The van der Waals surface area contributed by atoms with E-state index >= 15 is 0 Å². The number of nitrogens with zero attached hydrogens (tertiary/aromatic N) is 4. The zero-order valence-electron chi connectivity index (χ0n) is 20.2. The molecule has 1 aromatic heterocycles. The molecule has 0 saturated heterocycles. The minimum Gasteiger partial charge on any atom is -0.398 e. The third kappa shape index (κ3) is 4.24. The number of amides is 2. The monoisotopic (exact) mass is 512 g/mol. The molecule has 0 spiro atoms. The second-order valence-corrected chi connectivity index (χ2v) is 8.97. The number of alkyl halides is 2. The number of rotatable bonds is 5. The molecule has 0 saturated carbocycles. The molecule has 190 valence electrons. The molecule has 8 nitrogen and oxygen atoms in total. The van der Waals surface area contributed by atoms with Gasteiger partial charge < -0.3 is 16.0 Å². The summed E-state index contributed by atoms with van der Waals surface area (Å²) >= 11 is 0. The van der Waals surface area contributed by atoms with Crippen molar-refractivity contribution >= 4 is 28.9 Å². The van der Waals surface area contributed by atoms with Crippen LogP contribution in [0.1, 0.15) is 44.5 Å². The maximum atomic E-state index is 15.0. The lowest BCUT2D eigenvalue weighted by atomic mass is 9.99. The first kappa shape index (κ1) is 24.6. The second-order valence-electron chi connectivity index (χ2n) is 8.97. The Balaban J connectivity index is 1.41. The van der Waals surface area contributed by atoms with Crippen molar-refractivity contribution in [2.45, 2.75) is 25.4 Å². The summed E-state index contributed by atoms with van der Waals surface area (Å²) in [7, 11) is 0. The molecular weight excluding hydrogens is 490 g/mol. The van der Waals surface area contributed by atoms with Gasteiger partial charge in [-0.25, -0.2) is 0 Å². The number of aromatic nitrogens is 2. The van der Waals surface area contributed by atoms with Gasteiger partial charge >= 0.3 is 0 Å². The fourth-order valence-corrected chi connectivity index (χ4v) is 4.49. The topological polar surface area (TPSA) is 117 Å². The Kier molecular flexibility index (Phi) is 6.12. The summed E-state index contributed by atoms with van der Waals surface area (Å²) in [4.78, 5) is 27.9. The molecule has 1 atom stereocenters. The minimum atomic E-state index is -3.19. The highest BCUT2D eigenvalue weighted by atomic mass is 19.3. The van der Waals surface area contributed by atoms with Gasteiger partial charge in [0.25, 0.3) is 17.7 Å². The maximum Gasteiger partial charge on any atom is 0.298 e. The van der Waals surface area contributed by atoms with Crippen molar-refractivity contribution in [2.75, 3.05) is 16.0 Å². The van der Waals surface area contributed by atoms with Crippen LogP contribution in [-0.4, -0.2) is 27.6 Å². The van der Waals surface area contributed by atoms with Gasteiger partial charge in [-0.3, -0.25) is 14.3 Å². The average Bonchev–Trinajstić information content (AvgIpc) is 3.32. The van der Waals surface area contributed by atoms with E-state index in [4.69, 9.17) is 5.73 Å². The largest absolute Gasteiger partial charge is 0.398 e. The van der Waals surface area contributed by atoms with Crippen LogP contribution in [0, 0.1) is 11.3 Å². The van der Waals surface area contributed by atoms with Gasteiger partial charge in [0, 0.05) is 28.1 Å². The molecule has 10 heteroatoms. The molecule has 2 amide bonds. The number of halogens is 2. The molecule has 5 rings (SSSR count). The third-order valence-electron chi connectivity index (χ3n) is 6.47. The van der Waals surface area contributed by atoms with Gasteiger partial charge in [0.15, 0.2) is 0 Å². The molecule has 0 radical (unpaired) electrons. The van der Waals surface area contributed by atoms with Gasteiger partial charge in [-0.1, -0.05) is 42.5 Å².